The monoisotopic (exact) mass is 465 g/mol. The van der Waals surface area contributed by atoms with Crippen LogP contribution < -0.4 is 5.32 Å². The fourth-order valence-electron chi connectivity index (χ4n) is 2.18. The molecule has 0 bridgehead atoms. The molecule has 0 aliphatic rings. The fraction of sp³-hybridized carbons (Fsp3) is 0.556. The summed E-state index contributed by atoms with van der Waals surface area (Å²) in [5, 5.41) is 2.53. The average molecular weight is 466 g/mol. The normalized spacial score (nSPS) is 14.2. The minimum atomic E-state index is -4.57. The summed E-state index contributed by atoms with van der Waals surface area (Å²) in [6, 6.07) is 4.33. The number of aromatic nitrogens is 2. The minimum Gasteiger partial charge on any atom is -0.444 e. The maximum atomic E-state index is 13.1. The van der Waals surface area contributed by atoms with Gasteiger partial charge in [-0.1, -0.05) is 15.9 Å². The number of imidazole rings is 1. The Hall–Kier alpha value is -1.81. The Labute approximate surface area is 169 Å². The molecule has 1 aromatic heterocycles. The first-order valence-electron chi connectivity index (χ1n) is 8.53. The number of alkyl halides is 3. The van der Waals surface area contributed by atoms with Crippen molar-refractivity contribution in [1.29, 1.82) is 0 Å². The number of nitrogens with one attached hydrogen (secondary N) is 2. The molecule has 28 heavy (non-hydrogen) atoms. The van der Waals surface area contributed by atoms with E-state index in [1.807, 2.05) is 0 Å². The molecule has 1 atom stereocenters. The van der Waals surface area contributed by atoms with Gasteiger partial charge in [-0.25, -0.2) is 9.78 Å². The molecule has 0 radical (unpaired) electrons. The molecule has 0 saturated heterocycles. The van der Waals surface area contributed by atoms with E-state index in [-0.39, 0.29) is 5.82 Å². The van der Waals surface area contributed by atoms with Crippen molar-refractivity contribution >= 4 is 33.1 Å². The maximum Gasteiger partial charge on any atom is 0.416 e. The highest BCUT2D eigenvalue weighted by atomic mass is 79.9. The van der Waals surface area contributed by atoms with E-state index in [1.165, 1.54) is 0 Å². The van der Waals surface area contributed by atoms with E-state index in [0.29, 0.717) is 11.0 Å². The standard InChI is InChI=1S/C18H23BrF3N3O3/c1-16(2,3)28-15(26)25-13(9-27-17(4,5)18(20,21)22)14-23-11-7-6-10(19)8-12(11)24-14/h6-8,13H,9H2,1-5H3,(H,23,24)(H,25,26)/t13-/m0/s1. The van der Waals surface area contributed by atoms with Crippen LogP contribution >= 0.6 is 15.9 Å². The van der Waals surface area contributed by atoms with Gasteiger partial charge < -0.3 is 19.8 Å². The topological polar surface area (TPSA) is 76.2 Å². The van der Waals surface area contributed by atoms with Gasteiger partial charge in [-0.05, 0) is 52.8 Å². The van der Waals surface area contributed by atoms with Crippen LogP contribution in [0.3, 0.4) is 0 Å². The zero-order chi connectivity index (χ0) is 21.3. The average Bonchev–Trinajstić information content (AvgIpc) is 2.91. The van der Waals surface area contributed by atoms with Crippen molar-refractivity contribution < 1.29 is 27.4 Å². The molecule has 0 aliphatic carbocycles. The SMILES string of the molecule is CC(C)(C)OC(=O)N[C@@H](COC(C)(C)C(F)(F)F)c1nc2ccc(Br)cc2[nH]1. The van der Waals surface area contributed by atoms with Crippen molar-refractivity contribution in [2.75, 3.05) is 6.61 Å². The summed E-state index contributed by atoms with van der Waals surface area (Å²) in [7, 11) is 0. The van der Waals surface area contributed by atoms with E-state index >= 15 is 0 Å². The molecular formula is C18H23BrF3N3O3. The number of nitrogens with zero attached hydrogens (tertiary/aromatic N) is 1. The second-order valence-electron chi connectivity index (χ2n) is 7.80. The molecule has 2 N–H and O–H groups in total. The van der Waals surface area contributed by atoms with Crippen LogP contribution in [0.1, 0.15) is 46.5 Å². The quantitative estimate of drug-likeness (QED) is 0.632. The number of ether oxygens (including phenoxy) is 2. The molecule has 1 amide bonds. The third-order valence-corrected chi connectivity index (χ3v) is 4.27. The van der Waals surface area contributed by atoms with Crippen LogP contribution in [0, 0.1) is 0 Å². The van der Waals surface area contributed by atoms with Crippen LogP contribution in [0.2, 0.25) is 0 Å². The van der Waals surface area contributed by atoms with Gasteiger partial charge in [0.25, 0.3) is 0 Å². The lowest BCUT2D eigenvalue weighted by molar-refractivity contribution is -0.265. The number of amides is 1. The van der Waals surface area contributed by atoms with Crippen molar-refractivity contribution in [3.63, 3.8) is 0 Å². The predicted molar refractivity (Wildman–Crippen MR) is 102 cm³/mol. The Bertz CT molecular complexity index is 844. The van der Waals surface area contributed by atoms with Crippen molar-refractivity contribution in [1.82, 2.24) is 15.3 Å². The molecule has 10 heteroatoms. The van der Waals surface area contributed by atoms with Crippen LogP contribution in [0.5, 0.6) is 0 Å². The van der Waals surface area contributed by atoms with Crippen LogP contribution in [0.25, 0.3) is 11.0 Å². The molecular weight excluding hydrogens is 443 g/mol. The van der Waals surface area contributed by atoms with Gasteiger partial charge in [0.1, 0.15) is 17.5 Å². The van der Waals surface area contributed by atoms with Crippen LogP contribution in [-0.4, -0.2) is 40.0 Å². The third-order valence-electron chi connectivity index (χ3n) is 3.78. The molecule has 2 rings (SSSR count). The van der Waals surface area contributed by atoms with Gasteiger partial charge in [-0.15, -0.1) is 0 Å². The highest BCUT2D eigenvalue weighted by molar-refractivity contribution is 9.10. The lowest BCUT2D eigenvalue weighted by atomic mass is 10.1. The lowest BCUT2D eigenvalue weighted by Crippen LogP contribution is -2.45. The van der Waals surface area contributed by atoms with Gasteiger partial charge in [0.05, 0.1) is 17.6 Å². The molecule has 2 aromatic rings. The number of carbonyl (C=O) groups is 1. The zero-order valence-corrected chi connectivity index (χ0v) is 17.8. The van der Waals surface area contributed by atoms with Gasteiger partial charge in [-0.3, -0.25) is 0 Å². The van der Waals surface area contributed by atoms with E-state index in [0.717, 1.165) is 18.3 Å². The molecule has 0 saturated carbocycles. The highest BCUT2D eigenvalue weighted by Crippen LogP contribution is 2.33. The molecule has 1 heterocycles. The van der Waals surface area contributed by atoms with Gasteiger partial charge in [0.15, 0.2) is 5.60 Å². The van der Waals surface area contributed by atoms with E-state index in [2.05, 4.69) is 31.2 Å². The number of aromatic amines is 1. The molecule has 6 nitrogen and oxygen atoms in total. The van der Waals surface area contributed by atoms with E-state index < -0.39 is 36.1 Å². The van der Waals surface area contributed by atoms with Crippen LogP contribution in [0.15, 0.2) is 22.7 Å². The number of carbonyl (C=O) groups excluding carboxylic acids is 1. The van der Waals surface area contributed by atoms with Crippen molar-refractivity contribution in [2.45, 2.75) is 58.0 Å². The Morgan fingerprint density at radius 1 is 1.25 bits per heavy atom. The molecule has 0 spiro atoms. The number of benzene rings is 1. The first-order valence-corrected chi connectivity index (χ1v) is 9.32. The molecule has 1 aromatic carbocycles. The molecule has 0 unspecified atom stereocenters. The number of hydrogen-bond donors (Lipinski definition) is 2. The number of rotatable bonds is 5. The Kier molecular flexibility index (Phi) is 6.34. The summed E-state index contributed by atoms with van der Waals surface area (Å²) in [5.41, 5.74) is -1.89. The zero-order valence-electron chi connectivity index (χ0n) is 16.2. The van der Waals surface area contributed by atoms with Gasteiger partial charge in [0.2, 0.25) is 0 Å². The highest BCUT2D eigenvalue weighted by Gasteiger charge is 2.49. The third kappa shape index (κ3) is 5.84. The summed E-state index contributed by atoms with van der Waals surface area (Å²) in [5.74, 6) is 0.261. The van der Waals surface area contributed by atoms with Crippen LogP contribution in [-0.2, 0) is 9.47 Å². The minimum absolute atomic E-state index is 0.261. The Morgan fingerprint density at radius 2 is 1.89 bits per heavy atom. The Morgan fingerprint density at radius 3 is 2.46 bits per heavy atom. The summed E-state index contributed by atoms with van der Waals surface area (Å²) in [6.45, 7) is 6.45. The Balaban J connectivity index is 2.28. The smallest absolute Gasteiger partial charge is 0.416 e. The first kappa shape index (κ1) is 22.5. The maximum absolute atomic E-state index is 13.1. The fourth-order valence-corrected chi connectivity index (χ4v) is 2.54. The second-order valence-corrected chi connectivity index (χ2v) is 8.72. The number of hydrogen-bond acceptors (Lipinski definition) is 4. The van der Waals surface area contributed by atoms with Gasteiger partial charge >= 0.3 is 12.3 Å². The lowest BCUT2D eigenvalue weighted by Gasteiger charge is -2.30. The summed E-state index contributed by atoms with van der Waals surface area (Å²) < 4.78 is 50.5. The van der Waals surface area contributed by atoms with Crippen molar-refractivity contribution in [2.24, 2.45) is 0 Å². The number of halogens is 4. The molecule has 0 aliphatic heterocycles. The summed E-state index contributed by atoms with van der Waals surface area (Å²) in [6.07, 6.45) is -5.35. The molecule has 0 fully saturated rings. The van der Waals surface area contributed by atoms with Crippen molar-refractivity contribution in [3.05, 3.63) is 28.5 Å². The van der Waals surface area contributed by atoms with E-state index in [4.69, 9.17) is 9.47 Å². The summed E-state index contributed by atoms with van der Waals surface area (Å²) >= 11 is 3.34. The van der Waals surface area contributed by atoms with E-state index in [9.17, 15) is 18.0 Å². The first-order chi connectivity index (χ1) is 12.7. The number of fused-ring (bicyclic) bond motifs is 1. The van der Waals surface area contributed by atoms with E-state index in [1.54, 1.807) is 39.0 Å². The predicted octanol–water partition coefficient (Wildman–Crippen LogP) is 5.25. The number of alkyl carbamates (subject to hydrolysis) is 1. The van der Waals surface area contributed by atoms with Crippen molar-refractivity contribution in [3.8, 4) is 0 Å². The van der Waals surface area contributed by atoms with Gasteiger partial charge in [-0.2, -0.15) is 13.2 Å². The van der Waals surface area contributed by atoms with Gasteiger partial charge in [0, 0.05) is 4.47 Å². The summed E-state index contributed by atoms with van der Waals surface area (Å²) in [4.78, 5) is 19.5. The van der Waals surface area contributed by atoms with Crippen LogP contribution in [0.4, 0.5) is 18.0 Å². The number of H-pyrrole nitrogens is 1. The molecule has 156 valence electrons. The largest absolute Gasteiger partial charge is 0.444 e. The second kappa shape index (κ2) is 7.90.